The minimum Gasteiger partial charge on any atom is -0.460 e. The Morgan fingerprint density at radius 1 is 1.33 bits per heavy atom. The van der Waals surface area contributed by atoms with Crippen LogP contribution >= 0.6 is 0 Å². The number of nitrogens with zero attached hydrogens (tertiary/aromatic N) is 2. The van der Waals surface area contributed by atoms with Gasteiger partial charge in [-0.2, -0.15) is 0 Å². The molecule has 0 bridgehead atoms. The van der Waals surface area contributed by atoms with Crippen molar-refractivity contribution < 1.29 is 23.6 Å². The van der Waals surface area contributed by atoms with E-state index in [1.165, 1.54) is 6.92 Å². The monoisotopic (exact) mass is 334 g/mol. The lowest BCUT2D eigenvalue weighted by Gasteiger charge is -2.19. The second-order valence-corrected chi connectivity index (χ2v) is 6.88. The standard InChI is InChI=1S/C16H23BN2O5/c1-11(20)23-14-6-4-5-13(14)21-9-15-18-7-12(8-19-15)17-22-10-16(2,3)24-17/h7-8,13-14H,4-6,9-10H2,1-3H3/t13-,14-/m0/s1. The molecule has 1 saturated heterocycles. The predicted molar refractivity (Wildman–Crippen MR) is 86.5 cm³/mol. The van der Waals surface area contributed by atoms with Crippen molar-refractivity contribution in [2.45, 2.75) is 64.4 Å². The van der Waals surface area contributed by atoms with E-state index in [2.05, 4.69) is 9.97 Å². The molecule has 1 aliphatic heterocycles. The Bertz CT molecular complexity index is 580. The fourth-order valence-corrected chi connectivity index (χ4v) is 2.97. The van der Waals surface area contributed by atoms with Gasteiger partial charge in [-0.05, 0) is 33.1 Å². The van der Waals surface area contributed by atoms with Crippen LogP contribution < -0.4 is 5.46 Å². The largest absolute Gasteiger partial charge is 0.497 e. The van der Waals surface area contributed by atoms with Gasteiger partial charge in [0.1, 0.15) is 12.7 Å². The van der Waals surface area contributed by atoms with E-state index >= 15 is 0 Å². The highest BCUT2D eigenvalue weighted by Gasteiger charge is 2.38. The van der Waals surface area contributed by atoms with Gasteiger partial charge in [-0.25, -0.2) is 9.97 Å². The summed E-state index contributed by atoms with van der Waals surface area (Å²) in [4.78, 5) is 19.7. The van der Waals surface area contributed by atoms with Gasteiger partial charge in [0.05, 0.1) is 18.3 Å². The second kappa shape index (κ2) is 7.17. The zero-order valence-electron chi connectivity index (χ0n) is 14.4. The normalized spacial score (nSPS) is 25.9. The fraction of sp³-hybridized carbons (Fsp3) is 0.688. The van der Waals surface area contributed by atoms with Crippen molar-refractivity contribution >= 4 is 18.6 Å². The van der Waals surface area contributed by atoms with Crippen molar-refractivity contribution in [3.63, 3.8) is 0 Å². The number of hydrogen-bond donors (Lipinski definition) is 0. The van der Waals surface area contributed by atoms with Gasteiger partial charge in [0.25, 0.3) is 0 Å². The van der Waals surface area contributed by atoms with Crippen molar-refractivity contribution in [2.24, 2.45) is 0 Å². The smallest absolute Gasteiger partial charge is 0.460 e. The molecule has 0 spiro atoms. The summed E-state index contributed by atoms with van der Waals surface area (Å²) in [6.45, 7) is 6.22. The molecule has 24 heavy (non-hydrogen) atoms. The molecule has 130 valence electrons. The molecule has 2 aliphatic rings. The van der Waals surface area contributed by atoms with Gasteiger partial charge in [0.15, 0.2) is 5.82 Å². The highest BCUT2D eigenvalue weighted by molar-refractivity contribution is 6.61. The van der Waals surface area contributed by atoms with E-state index in [1.54, 1.807) is 12.4 Å². The number of hydrogen-bond acceptors (Lipinski definition) is 7. The first-order chi connectivity index (χ1) is 11.4. The van der Waals surface area contributed by atoms with Crippen molar-refractivity contribution in [1.82, 2.24) is 9.97 Å². The molecule has 7 nitrogen and oxygen atoms in total. The van der Waals surface area contributed by atoms with Crippen LogP contribution in [-0.2, 0) is 30.2 Å². The van der Waals surface area contributed by atoms with Gasteiger partial charge >= 0.3 is 13.1 Å². The highest BCUT2D eigenvalue weighted by Crippen LogP contribution is 2.25. The van der Waals surface area contributed by atoms with Gasteiger partial charge in [0.2, 0.25) is 0 Å². The molecule has 1 aliphatic carbocycles. The molecule has 0 N–H and O–H groups in total. The third-order valence-corrected chi connectivity index (χ3v) is 4.14. The highest BCUT2D eigenvalue weighted by atomic mass is 16.7. The lowest BCUT2D eigenvalue weighted by Crippen LogP contribution is -2.35. The number of esters is 1. The molecule has 1 aromatic rings. The molecule has 3 rings (SSSR count). The first-order valence-electron chi connectivity index (χ1n) is 8.32. The van der Waals surface area contributed by atoms with E-state index in [4.69, 9.17) is 18.8 Å². The Kier molecular flexibility index (Phi) is 5.17. The molecule has 1 aromatic heterocycles. The van der Waals surface area contributed by atoms with Crippen molar-refractivity contribution in [3.8, 4) is 0 Å². The van der Waals surface area contributed by atoms with E-state index in [9.17, 15) is 4.79 Å². The second-order valence-electron chi connectivity index (χ2n) is 6.88. The number of rotatable bonds is 5. The molecule has 0 aromatic carbocycles. The molecular weight excluding hydrogens is 311 g/mol. The topological polar surface area (TPSA) is 79.8 Å². The Balaban J connectivity index is 1.52. The maximum absolute atomic E-state index is 11.1. The van der Waals surface area contributed by atoms with E-state index in [0.717, 1.165) is 24.7 Å². The summed E-state index contributed by atoms with van der Waals surface area (Å²) >= 11 is 0. The van der Waals surface area contributed by atoms with Gasteiger partial charge in [-0.15, -0.1) is 0 Å². The van der Waals surface area contributed by atoms with E-state index in [1.807, 2.05) is 13.8 Å². The summed E-state index contributed by atoms with van der Waals surface area (Å²) in [5.41, 5.74) is 0.503. The van der Waals surface area contributed by atoms with Gasteiger partial charge < -0.3 is 18.8 Å². The summed E-state index contributed by atoms with van der Waals surface area (Å²) in [7, 11) is -0.418. The molecule has 2 heterocycles. The number of carbonyl (C=O) groups is 1. The molecule has 0 radical (unpaired) electrons. The third-order valence-electron chi connectivity index (χ3n) is 4.14. The summed E-state index contributed by atoms with van der Waals surface area (Å²) in [5, 5.41) is 0. The van der Waals surface area contributed by atoms with Gasteiger partial charge in [0, 0.05) is 24.8 Å². The third kappa shape index (κ3) is 4.31. The minimum absolute atomic E-state index is 0.0838. The lowest BCUT2D eigenvalue weighted by molar-refractivity contribution is -0.153. The van der Waals surface area contributed by atoms with Gasteiger partial charge in [-0.1, -0.05) is 0 Å². The fourth-order valence-electron chi connectivity index (χ4n) is 2.97. The van der Waals surface area contributed by atoms with Crippen LogP contribution in [0.4, 0.5) is 0 Å². The van der Waals surface area contributed by atoms with Crippen LogP contribution in [0.15, 0.2) is 12.4 Å². The lowest BCUT2D eigenvalue weighted by atomic mass is 9.81. The Morgan fingerprint density at radius 3 is 2.67 bits per heavy atom. The van der Waals surface area contributed by atoms with Crippen LogP contribution in [0.3, 0.4) is 0 Å². The van der Waals surface area contributed by atoms with E-state index < -0.39 is 7.12 Å². The molecule has 0 unspecified atom stereocenters. The Labute approximate surface area is 142 Å². The Morgan fingerprint density at radius 2 is 2.04 bits per heavy atom. The molecule has 2 atom stereocenters. The first kappa shape index (κ1) is 17.3. The molecule has 2 fully saturated rings. The summed E-state index contributed by atoms with van der Waals surface area (Å²) in [6, 6.07) is 0. The van der Waals surface area contributed by atoms with Crippen molar-refractivity contribution in [2.75, 3.05) is 6.61 Å². The van der Waals surface area contributed by atoms with E-state index in [-0.39, 0.29) is 23.8 Å². The summed E-state index contributed by atoms with van der Waals surface area (Å²) in [6.07, 6.45) is 5.88. The Hall–Kier alpha value is -1.51. The number of ether oxygens (including phenoxy) is 2. The average molecular weight is 334 g/mol. The van der Waals surface area contributed by atoms with Crippen LogP contribution in [0.5, 0.6) is 0 Å². The van der Waals surface area contributed by atoms with E-state index in [0.29, 0.717) is 19.0 Å². The molecule has 0 amide bonds. The van der Waals surface area contributed by atoms with Gasteiger partial charge in [-0.3, -0.25) is 4.79 Å². The van der Waals surface area contributed by atoms with Crippen LogP contribution in [-0.4, -0.2) is 47.5 Å². The van der Waals surface area contributed by atoms with Crippen molar-refractivity contribution in [3.05, 3.63) is 18.2 Å². The molecular formula is C16H23BN2O5. The van der Waals surface area contributed by atoms with Crippen LogP contribution in [0.2, 0.25) is 0 Å². The van der Waals surface area contributed by atoms with Crippen LogP contribution in [0.25, 0.3) is 0 Å². The van der Waals surface area contributed by atoms with Crippen LogP contribution in [0.1, 0.15) is 45.9 Å². The average Bonchev–Trinajstić information content (AvgIpc) is 3.11. The quantitative estimate of drug-likeness (QED) is 0.587. The van der Waals surface area contributed by atoms with Crippen molar-refractivity contribution in [1.29, 1.82) is 0 Å². The zero-order chi connectivity index (χ0) is 17.2. The minimum atomic E-state index is -0.418. The SMILES string of the molecule is CC(=O)O[C@H]1CCC[C@@H]1OCc1ncc(B2OCC(C)(C)O2)cn1. The predicted octanol–water partition coefficient (Wildman–Crippen LogP) is 0.998. The molecule has 1 saturated carbocycles. The maximum atomic E-state index is 11.1. The maximum Gasteiger partial charge on any atom is 0.497 e. The summed E-state index contributed by atoms with van der Waals surface area (Å²) in [5.74, 6) is 0.320. The number of carbonyl (C=O) groups excluding carboxylic acids is 1. The number of aromatic nitrogens is 2. The van der Waals surface area contributed by atoms with Crippen LogP contribution in [0, 0.1) is 0 Å². The first-order valence-corrected chi connectivity index (χ1v) is 8.32. The molecule has 8 heteroatoms. The summed E-state index contributed by atoms with van der Waals surface area (Å²) < 4.78 is 22.5. The zero-order valence-corrected chi connectivity index (χ0v) is 14.4.